The van der Waals surface area contributed by atoms with Crippen molar-refractivity contribution in [2.45, 2.75) is 17.7 Å². The number of nitrogens with one attached hydrogen (secondary N) is 1. The van der Waals surface area contributed by atoms with Crippen LogP contribution in [0.15, 0.2) is 71.6 Å². The molecule has 0 radical (unpaired) electrons. The number of fused-ring (bicyclic) bond motifs is 1. The first-order valence-corrected chi connectivity index (χ1v) is 11.2. The summed E-state index contributed by atoms with van der Waals surface area (Å²) >= 11 is 0. The van der Waals surface area contributed by atoms with Crippen molar-refractivity contribution >= 4 is 33.0 Å². The number of non-ortho nitro benzene ring substituents is 1. The highest BCUT2D eigenvalue weighted by Gasteiger charge is 2.26. The summed E-state index contributed by atoms with van der Waals surface area (Å²) in [6, 6.07) is 14.9. The number of carbonyl (C=O) groups is 1. The van der Waals surface area contributed by atoms with E-state index in [1.54, 1.807) is 11.0 Å². The van der Waals surface area contributed by atoms with Crippen LogP contribution in [0.1, 0.15) is 22.3 Å². The molecule has 0 aromatic heterocycles. The summed E-state index contributed by atoms with van der Waals surface area (Å²) in [5.74, 6) is -0.733. The summed E-state index contributed by atoms with van der Waals surface area (Å²) in [6.45, 7) is 0.460. The number of rotatable bonds is 5. The van der Waals surface area contributed by atoms with Gasteiger partial charge in [-0.3, -0.25) is 19.6 Å². The van der Waals surface area contributed by atoms with Crippen LogP contribution < -0.4 is 9.62 Å². The maximum atomic E-state index is 13.2. The molecule has 164 valence electrons. The van der Waals surface area contributed by atoms with Crippen LogP contribution in [-0.2, 0) is 16.4 Å². The van der Waals surface area contributed by atoms with Crippen molar-refractivity contribution in [2.24, 2.45) is 0 Å². The van der Waals surface area contributed by atoms with E-state index >= 15 is 0 Å². The zero-order chi connectivity index (χ0) is 22.9. The third-order valence-electron chi connectivity index (χ3n) is 5.13. The van der Waals surface area contributed by atoms with E-state index in [1.807, 2.05) is 0 Å². The van der Waals surface area contributed by atoms with Crippen LogP contribution in [0, 0.1) is 15.9 Å². The van der Waals surface area contributed by atoms with Gasteiger partial charge < -0.3 is 4.90 Å². The second-order valence-corrected chi connectivity index (χ2v) is 8.95. The lowest BCUT2D eigenvalue weighted by atomic mass is 10.0. The molecule has 1 N–H and O–H groups in total. The van der Waals surface area contributed by atoms with E-state index < -0.39 is 20.8 Å². The summed E-state index contributed by atoms with van der Waals surface area (Å²) in [4.78, 5) is 24.8. The van der Waals surface area contributed by atoms with Crippen molar-refractivity contribution in [1.82, 2.24) is 0 Å². The van der Waals surface area contributed by atoms with Crippen molar-refractivity contribution in [1.29, 1.82) is 0 Å². The predicted octanol–water partition coefficient (Wildman–Crippen LogP) is 4.13. The first-order valence-electron chi connectivity index (χ1n) is 9.72. The minimum absolute atomic E-state index is 0.0150. The van der Waals surface area contributed by atoms with Crippen molar-refractivity contribution in [3.63, 3.8) is 0 Å². The van der Waals surface area contributed by atoms with Gasteiger partial charge in [-0.2, -0.15) is 0 Å². The molecule has 1 aliphatic rings. The number of benzene rings is 3. The van der Waals surface area contributed by atoms with Gasteiger partial charge in [0.15, 0.2) is 0 Å². The van der Waals surface area contributed by atoms with Gasteiger partial charge in [-0.15, -0.1) is 0 Å². The van der Waals surface area contributed by atoms with Gasteiger partial charge in [0.2, 0.25) is 0 Å². The number of nitrogens with zero attached hydrogens (tertiary/aromatic N) is 2. The monoisotopic (exact) mass is 455 g/mol. The number of amides is 1. The minimum Gasteiger partial charge on any atom is -0.308 e. The molecule has 0 bridgehead atoms. The molecule has 0 fully saturated rings. The molecule has 0 atom stereocenters. The lowest BCUT2D eigenvalue weighted by molar-refractivity contribution is -0.384. The number of hydrogen-bond acceptors (Lipinski definition) is 5. The van der Waals surface area contributed by atoms with E-state index in [-0.39, 0.29) is 22.2 Å². The number of nitro benzene ring substituents is 1. The van der Waals surface area contributed by atoms with Crippen molar-refractivity contribution in [3.05, 3.63) is 93.8 Å². The lowest BCUT2D eigenvalue weighted by Gasteiger charge is -2.30. The number of halogens is 1. The highest BCUT2D eigenvalue weighted by Crippen LogP contribution is 2.31. The highest BCUT2D eigenvalue weighted by molar-refractivity contribution is 7.92. The third kappa shape index (κ3) is 4.30. The van der Waals surface area contributed by atoms with E-state index in [0.717, 1.165) is 6.07 Å². The average molecular weight is 455 g/mol. The summed E-state index contributed by atoms with van der Waals surface area (Å²) in [6.07, 6.45) is 1.23. The fourth-order valence-corrected chi connectivity index (χ4v) is 4.70. The third-order valence-corrected chi connectivity index (χ3v) is 6.50. The van der Waals surface area contributed by atoms with Gasteiger partial charge in [0.25, 0.3) is 21.6 Å². The Morgan fingerprint density at radius 3 is 2.53 bits per heavy atom. The second-order valence-electron chi connectivity index (χ2n) is 7.27. The number of anilines is 2. The van der Waals surface area contributed by atoms with Gasteiger partial charge >= 0.3 is 0 Å². The van der Waals surface area contributed by atoms with E-state index in [9.17, 15) is 27.7 Å². The summed E-state index contributed by atoms with van der Waals surface area (Å²) in [7, 11) is -4.00. The van der Waals surface area contributed by atoms with Crippen LogP contribution in [0.4, 0.5) is 21.5 Å². The zero-order valence-electron chi connectivity index (χ0n) is 16.7. The Hall–Kier alpha value is -3.79. The predicted molar refractivity (Wildman–Crippen MR) is 117 cm³/mol. The molecule has 8 nitrogen and oxygen atoms in total. The van der Waals surface area contributed by atoms with Gasteiger partial charge in [-0.25, -0.2) is 12.8 Å². The zero-order valence-corrected chi connectivity index (χ0v) is 17.5. The Morgan fingerprint density at radius 2 is 1.81 bits per heavy atom. The van der Waals surface area contributed by atoms with Gasteiger partial charge in [0, 0.05) is 29.9 Å². The van der Waals surface area contributed by atoms with E-state index in [4.69, 9.17) is 0 Å². The molecule has 10 heteroatoms. The molecule has 1 heterocycles. The molecule has 0 unspecified atom stereocenters. The molecule has 0 saturated heterocycles. The molecular formula is C22H18FN3O5S. The standard InChI is InChI=1S/C22H18FN3O5S/c23-17-8-6-15(7-9-17)22(27)25-12-2-3-16-13-20(10-11-21(16)25)32(30,31)24-18-4-1-5-19(14-18)26(28)29/h1,4-11,13-14,24H,2-3,12H2. The van der Waals surface area contributed by atoms with Gasteiger partial charge in [0.05, 0.1) is 15.5 Å². The number of aryl methyl sites for hydroxylation is 1. The molecule has 4 rings (SSSR count). The van der Waals surface area contributed by atoms with Crippen LogP contribution in [0.5, 0.6) is 0 Å². The van der Waals surface area contributed by atoms with Gasteiger partial charge in [-0.1, -0.05) is 6.07 Å². The van der Waals surface area contributed by atoms with E-state index in [2.05, 4.69) is 4.72 Å². The quantitative estimate of drug-likeness (QED) is 0.460. The molecule has 3 aromatic carbocycles. The van der Waals surface area contributed by atoms with Crippen molar-refractivity contribution in [2.75, 3.05) is 16.2 Å². The fraction of sp³-hybridized carbons (Fsp3) is 0.136. The highest BCUT2D eigenvalue weighted by atomic mass is 32.2. The first-order chi connectivity index (χ1) is 15.2. The molecular weight excluding hydrogens is 437 g/mol. The maximum Gasteiger partial charge on any atom is 0.271 e. The molecule has 32 heavy (non-hydrogen) atoms. The van der Waals surface area contributed by atoms with Crippen LogP contribution in [0.2, 0.25) is 0 Å². The minimum atomic E-state index is -4.00. The van der Waals surface area contributed by atoms with Gasteiger partial charge in [-0.05, 0) is 66.9 Å². The second kappa shape index (κ2) is 8.39. The molecule has 3 aromatic rings. The smallest absolute Gasteiger partial charge is 0.271 e. The van der Waals surface area contributed by atoms with Crippen LogP contribution in [0.3, 0.4) is 0 Å². The van der Waals surface area contributed by atoms with Crippen LogP contribution in [0.25, 0.3) is 0 Å². The van der Waals surface area contributed by atoms with Gasteiger partial charge in [0.1, 0.15) is 5.82 Å². The largest absolute Gasteiger partial charge is 0.308 e. The summed E-state index contributed by atoms with van der Waals surface area (Å²) < 4.78 is 41.2. The normalized spacial score (nSPS) is 13.3. The fourth-order valence-electron chi connectivity index (χ4n) is 3.60. The topological polar surface area (TPSA) is 110 Å². The number of nitro groups is 1. The van der Waals surface area contributed by atoms with E-state index in [1.165, 1.54) is 54.6 Å². The maximum absolute atomic E-state index is 13.2. The average Bonchev–Trinajstić information content (AvgIpc) is 2.78. The molecule has 0 saturated carbocycles. The van der Waals surface area contributed by atoms with Crippen molar-refractivity contribution in [3.8, 4) is 0 Å². The number of sulfonamides is 1. The molecule has 0 spiro atoms. The van der Waals surface area contributed by atoms with Crippen molar-refractivity contribution < 1.29 is 22.5 Å². The Labute approximate surface area is 183 Å². The van der Waals surface area contributed by atoms with Crippen LogP contribution >= 0.6 is 0 Å². The number of carbonyl (C=O) groups excluding carboxylic acids is 1. The Balaban J connectivity index is 1.62. The summed E-state index contributed by atoms with van der Waals surface area (Å²) in [5.41, 5.74) is 1.47. The Kier molecular flexibility index (Phi) is 5.62. The number of hydrogen-bond donors (Lipinski definition) is 1. The molecule has 1 amide bonds. The Bertz CT molecular complexity index is 1310. The summed E-state index contributed by atoms with van der Waals surface area (Å²) in [5, 5.41) is 10.9. The van der Waals surface area contributed by atoms with Crippen LogP contribution in [-0.4, -0.2) is 25.8 Å². The Morgan fingerprint density at radius 1 is 1.06 bits per heavy atom. The SMILES string of the molecule is O=C(c1ccc(F)cc1)N1CCCc2cc(S(=O)(=O)Nc3cccc([N+](=O)[O-])c3)ccc21. The molecule has 0 aliphatic carbocycles. The molecule has 1 aliphatic heterocycles. The first kappa shape index (κ1) is 21.4. The van der Waals surface area contributed by atoms with E-state index in [0.29, 0.717) is 36.2 Å². The lowest BCUT2D eigenvalue weighted by Crippen LogP contribution is -2.35.